The van der Waals surface area contributed by atoms with Gasteiger partial charge in [-0.25, -0.2) is 4.79 Å². The van der Waals surface area contributed by atoms with E-state index in [9.17, 15) is 5.11 Å². The number of nitrogens with zero attached hydrogens (tertiary/aromatic N) is 1. The molecular formula is C24H35NO4. The summed E-state index contributed by atoms with van der Waals surface area (Å²) in [6.45, 7) is 11.3. The molecule has 0 saturated heterocycles. The van der Waals surface area contributed by atoms with Crippen LogP contribution >= 0.6 is 0 Å². The molecule has 0 amide bonds. The zero-order chi connectivity index (χ0) is 22.0. The van der Waals surface area contributed by atoms with Crippen LogP contribution in [-0.2, 0) is 4.79 Å². The second kappa shape index (κ2) is 12.2. The van der Waals surface area contributed by atoms with Crippen LogP contribution in [0.25, 0.3) is 0 Å². The molecule has 5 heteroatoms. The number of aliphatic hydroxyl groups is 1. The number of phenols is 1. The Morgan fingerprint density at radius 2 is 1.55 bits per heavy atom. The average Bonchev–Trinajstić information content (AvgIpc) is 2.68. The fourth-order valence-electron chi connectivity index (χ4n) is 3.53. The molecule has 5 nitrogen and oxygen atoms in total. The van der Waals surface area contributed by atoms with E-state index in [0.29, 0.717) is 17.8 Å². The topological polar surface area (TPSA) is 81.0 Å². The summed E-state index contributed by atoms with van der Waals surface area (Å²) < 4.78 is 0. The van der Waals surface area contributed by atoms with Crippen LogP contribution in [0.2, 0.25) is 0 Å². The highest BCUT2D eigenvalue weighted by Crippen LogP contribution is 2.35. The Morgan fingerprint density at radius 1 is 1.00 bits per heavy atom. The highest BCUT2D eigenvalue weighted by molar-refractivity contribution is 5.67. The van der Waals surface area contributed by atoms with E-state index in [1.165, 1.54) is 11.1 Å². The third kappa shape index (κ3) is 8.26. The van der Waals surface area contributed by atoms with Crippen LogP contribution < -0.4 is 0 Å². The Hall–Kier alpha value is -2.37. The fourth-order valence-corrected chi connectivity index (χ4v) is 3.53. The number of aliphatic carboxylic acids is 1. The monoisotopic (exact) mass is 401 g/mol. The van der Waals surface area contributed by atoms with Crippen molar-refractivity contribution in [1.29, 1.82) is 0 Å². The van der Waals surface area contributed by atoms with Crippen LogP contribution in [0.5, 0.6) is 5.75 Å². The van der Waals surface area contributed by atoms with Crippen molar-refractivity contribution in [2.24, 2.45) is 0 Å². The van der Waals surface area contributed by atoms with Gasteiger partial charge in [0, 0.05) is 23.6 Å². The lowest BCUT2D eigenvalue weighted by Crippen LogP contribution is -2.38. The lowest BCUT2D eigenvalue weighted by Gasteiger charge is -2.32. The molecule has 0 aliphatic rings. The van der Waals surface area contributed by atoms with Gasteiger partial charge in [-0.1, -0.05) is 48.0 Å². The fraction of sp³-hybridized carbons (Fsp3) is 0.458. The minimum atomic E-state index is -1.19. The van der Waals surface area contributed by atoms with Crippen molar-refractivity contribution in [2.45, 2.75) is 59.0 Å². The van der Waals surface area contributed by atoms with Gasteiger partial charge in [0.2, 0.25) is 0 Å². The Kier molecular flexibility index (Phi) is 10.4. The molecule has 0 spiro atoms. The van der Waals surface area contributed by atoms with Crippen molar-refractivity contribution in [3.8, 4) is 5.75 Å². The van der Waals surface area contributed by atoms with Crippen LogP contribution in [0.4, 0.5) is 0 Å². The first kappa shape index (κ1) is 24.7. The number of hydrogen-bond acceptors (Lipinski definition) is 4. The number of aliphatic hydroxyl groups excluding tert-OH is 1. The first-order valence-electron chi connectivity index (χ1n) is 10.1. The van der Waals surface area contributed by atoms with Gasteiger partial charge < -0.3 is 15.3 Å². The highest BCUT2D eigenvalue weighted by Gasteiger charge is 2.21. The molecule has 0 aromatic heterocycles. The van der Waals surface area contributed by atoms with Crippen molar-refractivity contribution < 1.29 is 20.1 Å². The van der Waals surface area contributed by atoms with Crippen LogP contribution in [0.3, 0.4) is 0 Å². The molecule has 0 unspecified atom stereocenters. The summed E-state index contributed by atoms with van der Waals surface area (Å²) in [5, 5.41) is 25.5. The zero-order valence-electron chi connectivity index (χ0n) is 18.2. The maximum atomic E-state index is 10.4. The van der Waals surface area contributed by atoms with Gasteiger partial charge >= 0.3 is 5.97 Å². The molecule has 1 atom stereocenters. The van der Waals surface area contributed by atoms with E-state index in [1.54, 1.807) is 0 Å². The molecule has 0 saturated carbocycles. The second-order valence-corrected chi connectivity index (χ2v) is 7.79. The molecule has 29 heavy (non-hydrogen) atoms. The van der Waals surface area contributed by atoms with E-state index < -0.39 is 12.6 Å². The quantitative estimate of drug-likeness (QED) is 0.611. The standard InChI is InChI=1S/C22H31NO.C2H4O3/c1-16(2)23(17(3)4)14-13-20(19-9-7-6-8-10-19)21-15-18(5)11-12-22(21)24;3-1-2(4)5/h6-12,15-17,20,24H,13-14H2,1-5H3;3H,1H2,(H,4,5)/t20-;/m1./s1. The van der Waals surface area contributed by atoms with Gasteiger partial charge in [-0.05, 0) is 59.2 Å². The van der Waals surface area contributed by atoms with Gasteiger partial charge in [-0.2, -0.15) is 0 Å². The van der Waals surface area contributed by atoms with Gasteiger partial charge in [0.1, 0.15) is 12.4 Å². The van der Waals surface area contributed by atoms with Crippen LogP contribution in [-0.4, -0.2) is 51.4 Å². The third-order valence-corrected chi connectivity index (χ3v) is 4.90. The molecule has 2 aromatic rings. The van der Waals surface area contributed by atoms with Crippen molar-refractivity contribution in [1.82, 2.24) is 4.90 Å². The molecular weight excluding hydrogens is 366 g/mol. The number of carboxylic acid groups (broad SMARTS) is 1. The summed E-state index contributed by atoms with van der Waals surface area (Å²) in [7, 11) is 0. The molecule has 0 fully saturated rings. The predicted molar refractivity (Wildman–Crippen MR) is 117 cm³/mol. The lowest BCUT2D eigenvalue weighted by atomic mass is 9.87. The summed E-state index contributed by atoms with van der Waals surface area (Å²) in [4.78, 5) is 11.6. The van der Waals surface area contributed by atoms with Crippen molar-refractivity contribution in [3.05, 3.63) is 65.2 Å². The third-order valence-electron chi connectivity index (χ3n) is 4.90. The van der Waals surface area contributed by atoms with Crippen LogP contribution in [0.15, 0.2) is 48.5 Å². The maximum Gasteiger partial charge on any atom is 0.329 e. The minimum absolute atomic E-state index is 0.214. The lowest BCUT2D eigenvalue weighted by molar-refractivity contribution is -0.140. The number of aryl methyl sites for hydroxylation is 1. The van der Waals surface area contributed by atoms with Crippen molar-refractivity contribution in [3.63, 3.8) is 0 Å². The summed E-state index contributed by atoms with van der Waals surface area (Å²) in [6, 6.07) is 17.5. The van der Waals surface area contributed by atoms with Crippen molar-refractivity contribution >= 4 is 5.97 Å². The number of phenolic OH excluding ortho intramolecular Hbond substituents is 1. The number of rotatable bonds is 8. The first-order valence-corrected chi connectivity index (χ1v) is 10.1. The largest absolute Gasteiger partial charge is 0.508 e. The highest BCUT2D eigenvalue weighted by atomic mass is 16.4. The summed E-state index contributed by atoms with van der Waals surface area (Å²) in [6.07, 6.45) is 0.997. The molecule has 2 aromatic carbocycles. The molecule has 3 N–H and O–H groups in total. The maximum absolute atomic E-state index is 10.4. The number of aromatic hydroxyl groups is 1. The molecule has 0 aliphatic carbocycles. The van der Waals surface area contributed by atoms with E-state index in [0.717, 1.165) is 18.5 Å². The van der Waals surface area contributed by atoms with E-state index in [4.69, 9.17) is 15.0 Å². The van der Waals surface area contributed by atoms with Crippen LogP contribution in [0, 0.1) is 6.92 Å². The van der Waals surface area contributed by atoms with Gasteiger partial charge in [0.25, 0.3) is 0 Å². The first-order chi connectivity index (χ1) is 13.7. The summed E-state index contributed by atoms with van der Waals surface area (Å²) >= 11 is 0. The average molecular weight is 402 g/mol. The second-order valence-electron chi connectivity index (χ2n) is 7.79. The van der Waals surface area contributed by atoms with Crippen LogP contribution in [0.1, 0.15) is 56.7 Å². The Morgan fingerprint density at radius 3 is 2.03 bits per heavy atom. The Labute approximate surface area is 174 Å². The van der Waals surface area contributed by atoms with Crippen molar-refractivity contribution in [2.75, 3.05) is 13.2 Å². The molecule has 0 aliphatic heterocycles. The predicted octanol–water partition coefficient (Wildman–Crippen LogP) is 4.40. The Balaban J connectivity index is 0.000000749. The van der Waals surface area contributed by atoms with Gasteiger partial charge in [0.05, 0.1) is 0 Å². The SMILES string of the molecule is Cc1ccc(O)c([C@H](CCN(C(C)C)C(C)C)c2ccccc2)c1.O=C(O)CO. The van der Waals surface area contributed by atoms with E-state index in [1.807, 2.05) is 18.2 Å². The molecule has 0 heterocycles. The zero-order valence-corrected chi connectivity index (χ0v) is 18.2. The van der Waals surface area contributed by atoms with Gasteiger partial charge in [0.15, 0.2) is 0 Å². The van der Waals surface area contributed by atoms with Gasteiger partial charge in [-0.15, -0.1) is 0 Å². The number of carbonyl (C=O) groups is 1. The van der Waals surface area contributed by atoms with E-state index in [-0.39, 0.29) is 5.92 Å². The van der Waals surface area contributed by atoms with E-state index >= 15 is 0 Å². The normalized spacial score (nSPS) is 12.0. The summed E-state index contributed by atoms with van der Waals surface area (Å²) in [5.74, 6) is -0.578. The Bertz CT molecular complexity index is 736. The molecule has 0 bridgehead atoms. The molecule has 160 valence electrons. The number of carboxylic acids is 1. The summed E-state index contributed by atoms with van der Waals surface area (Å²) in [5.41, 5.74) is 3.49. The molecule has 2 rings (SSSR count). The number of hydrogen-bond donors (Lipinski definition) is 3. The van der Waals surface area contributed by atoms with E-state index in [2.05, 4.69) is 69.9 Å². The number of benzene rings is 2. The minimum Gasteiger partial charge on any atom is -0.508 e. The van der Waals surface area contributed by atoms with Gasteiger partial charge in [-0.3, -0.25) is 4.90 Å². The molecule has 0 radical (unpaired) electrons. The smallest absolute Gasteiger partial charge is 0.329 e.